The van der Waals surface area contributed by atoms with Crippen LogP contribution in [0.25, 0.3) is 0 Å². The van der Waals surface area contributed by atoms with Crippen LogP contribution in [0.15, 0.2) is 23.7 Å². The first-order valence-electron chi connectivity index (χ1n) is 5.19. The Hall–Kier alpha value is -2.10. The zero-order valence-electron chi connectivity index (χ0n) is 9.67. The Morgan fingerprint density at radius 2 is 2.44 bits per heavy atom. The molecule has 0 radical (unpaired) electrons. The fourth-order valence-electron chi connectivity index (χ4n) is 1.37. The van der Waals surface area contributed by atoms with Gasteiger partial charge in [0.1, 0.15) is 11.5 Å². The van der Waals surface area contributed by atoms with Gasteiger partial charge in [0.05, 0.1) is 0 Å². The number of aliphatic hydroxyl groups is 1. The Bertz CT molecular complexity index is 619. The van der Waals surface area contributed by atoms with E-state index in [2.05, 4.69) is 22.3 Å². The molecule has 0 unspecified atom stereocenters. The molecular weight excluding hydrogens is 250 g/mol. The number of amides is 1. The van der Waals surface area contributed by atoms with E-state index in [0.717, 1.165) is 0 Å². The quantitative estimate of drug-likeness (QED) is 0.795. The van der Waals surface area contributed by atoms with Crippen LogP contribution in [0, 0.1) is 11.8 Å². The van der Waals surface area contributed by atoms with Crippen LogP contribution in [0.3, 0.4) is 0 Å². The lowest BCUT2D eigenvalue weighted by atomic mass is 10.2. The molecule has 92 valence electrons. The number of aliphatic hydroxyl groups excluding tert-OH is 1. The summed E-state index contributed by atoms with van der Waals surface area (Å²) in [5.74, 6) is 5.52. The van der Waals surface area contributed by atoms with Crippen LogP contribution in [0.1, 0.15) is 15.2 Å². The van der Waals surface area contributed by atoms with Gasteiger partial charge in [0.25, 0.3) is 5.91 Å². The minimum atomic E-state index is -0.245. The summed E-state index contributed by atoms with van der Waals surface area (Å²) in [6, 6.07) is 3.46. The number of carbonyl (C=O) groups excluding carboxylic acids is 1. The van der Waals surface area contributed by atoms with E-state index in [4.69, 9.17) is 5.11 Å². The minimum absolute atomic E-state index is 0.225. The normalized spacial score (nSPS) is 9.67. The number of aryl methyl sites for hydroxylation is 1. The highest BCUT2D eigenvalue weighted by Gasteiger charge is 2.13. The molecule has 2 heterocycles. The van der Waals surface area contributed by atoms with Crippen LogP contribution in [0.4, 0.5) is 5.82 Å². The number of hydrogen-bond donors (Lipinski definition) is 2. The molecule has 2 rings (SSSR count). The maximum Gasteiger partial charge on any atom is 0.268 e. The van der Waals surface area contributed by atoms with E-state index in [9.17, 15) is 4.79 Å². The predicted molar refractivity (Wildman–Crippen MR) is 69.4 cm³/mol. The fraction of sp³-hybridized carbons (Fsp3) is 0.167. The molecule has 0 saturated heterocycles. The standard InChI is InChI=1S/C12H11N3O2S/c1-15-6-4-10(14-15)13-12(17)11-9(3-2-7-16)5-8-18-11/h4-6,8,16H,7H2,1H3,(H,13,14,17). The van der Waals surface area contributed by atoms with Crippen molar-refractivity contribution in [2.24, 2.45) is 7.05 Å². The van der Waals surface area contributed by atoms with E-state index in [-0.39, 0.29) is 12.5 Å². The van der Waals surface area contributed by atoms with Gasteiger partial charge in [-0.15, -0.1) is 11.3 Å². The van der Waals surface area contributed by atoms with E-state index < -0.39 is 0 Å². The van der Waals surface area contributed by atoms with Gasteiger partial charge in [-0.2, -0.15) is 5.10 Å². The van der Waals surface area contributed by atoms with Gasteiger partial charge in [0.15, 0.2) is 5.82 Å². The van der Waals surface area contributed by atoms with Gasteiger partial charge in [0.2, 0.25) is 0 Å². The summed E-state index contributed by atoms with van der Waals surface area (Å²) in [7, 11) is 1.78. The van der Waals surface area contributed by atoms with Gasteiger partial charge in [-0.25, -0.2) is 0 Å². The number of anilines is 1. The largest absolute Gasteiger partial charge is 0.384 e. The van der Waals surface area contributed by atoms with Crippen molar-refractivity contribution in [2.75, 3.05) is 11.9 Å². The Morgan fingerprint density at radius 1 is 1.61 bits per heavy atom. The van der Waals surface area contributed by atoms with Crippen LogP contribution in [0.5, 0.6) is 0 Å². The molecule has 5 nitrogen and oxygen atoms in total. The molecule has 1 amide bonds. The van der Waals surface area contributed by atoms with Gasteiger partial charge in [-0.1, -0.05) is 11.8 Å². The van der Waals surface area contributed by atoms with Crippen LogP contribution >= 0.6 is 11.3 Å². The van der Waals surface area contributed by atoms with Gasteiger partial charge in [-0.05, 0) is 11.4 Å². The highest BCUT2D eigenvalue weighted by molar-refractivity contribution is 7.12. The van der Waals surface area contributed by atoms with Crippen LogP contribution in [-0.2, 0) is 7.05 Å². The molecule has 2 aromatic rings. The van der Waals surface area contributed by atoms with Crippen molar-refractivity contribution in [3.05, 3.63) is 34.2 Å². The molecule has 18 heavy (non-hydrogen) atoms. The third-order valence-electron chi connectivity index (χ3n) is 2.13. The molecule has 0 aromatic carbocycles. The fourth-order valence-corrected chi connectivity index (χ4v) is 2.12. The second kappa shape index (κ2) is 5.49. The number of hydrogen-bond acceptors (Lipinski definition) is 4. The third-order valence-corrected chi connectivity index (χ3v) is 3.04. The predicted octanol–water partition coefficient (Wildman–Crippen LogP) is 1.08. The second-order valence-electron chi connectivity index (χ2n) is 3.45. The summed E-state index contributed by atoms with van der Waals surface area (Å²) < 4.78 is 1.61. The number of nitrogens with one attached hydrogen (secondary N) is 1. The molecule has 2 N–H and O–H groups in total. The summed E-state index contributed by atoms with van der Waals surface area (Å²) in [5, 5.41) is 17.2. The number of thiophene rings is 1. The first-order chi connectivity index (χ1) is 8.70. The Balaban J connectivity index is 2.16. The SMILES string of the molecule is Cn1ccc(NC(=O)c2sccc2C#CCO)n1. The second-order valence-corrected chi connectivity index (χ2v) is 4.37. The zero-order chi connectivity index (χ0) is 13.0. The van der Waals surface area contributed by atoms with Crippen molar-refractivity contribution in [1.29, 1.82) is 0 Å². The van der Waals surface area contributed by atoms with E-state index in [1.165, 1.54) is 11.3 Å². The van der Waals surface area contributed by atoms with Gasteiger partial charge >= 0.3 is 0 Å². The van der Waals surface area contributed by atoms with Crippen molar-refractivity contribution in [2.45, 2.75) is 0 Å². The first kappa shape index (κ1) is 12.4. The maximum absolute atomic E-state index is 12.0. The summed E-state index contributed by atoms with van der Waals surface area (Å²) in [6.45, 7) is -0.225. The van der Waals surface area contributed by atoms with Gasteiger partial charge in [-0.3, -0.25) is 9.48 Å². The highest BCUT2D eigenvalue weighted by atomic mass is 32.1. The molecule has 0 fully saturated rings. The van der Waals surface area contributed by atoms with Crippen molar-refractivity contribution >= 4 is 23.1 Å². The molecule has 0 bridgehead atoms. The number of rotatable bonds is 2. The molecule has 0 saturated carbocycles. The molecule has 0 atom stereocenters. The lowest BCUT2D eigenvalue weighted by Crippen LogP contribution is -2.12. The first-order valence-corrected chi connectivity index (χ1v) is 6.07. The Kier molecular flexibility index (Phi) is 3.77. The van der Waals surface area contributed by atoms with E-state index in [0.29, 0.717) is 16.3 Å². The average molecular weight is 261 g/mol. The monoisotopic (exact) mass is 261 g/mol. The van der Waals surface area contributed by atoms with E-state index in [1.807, 2.05) is 0 Å². The zero-order valence-corrected chi connectivity index (χ0v) is 10.5. The molecular formula is C12H11N3O2S. The third kappa shape index (κ3) is 2.77. The smallest absolute Gasteiger partial charge is 0.268 e. The highest BCUT2D eigenvalue weighted by Crippen LogP contribution is 2.17. The lowest BCUT2D eigenvalue weighted by Gasteiger charge is -1.99. The van der Waals surface area contributed by atoms with Crippen molar-refractivity contribution < 1.29 is 9.90 Å². The summed E-state index contributed by atoms with van der Waals surface area (Å²) in [5.41, 5.74) is 0.613. The number of aromatic nitrogens is 2. The minimum Gasteiger partial charge on any atom is -0.384 e. The van der Waals surface area contributed by atoms with Gasteiger partial charge in [0, 0.05) is 24.9 Å². The van der Waals surface area contributed by atoms with E-state index >= 15 is 0 Å². The van der Waals surface area contributed by atoms with Crippen molar-refractivity contribution in [1.82, 2.24) is 9.78 Å². The maximum atomic E-state index is 12.0. The molecule has 0 aliphatic carbocycles. The summed E-state index contributed by atoms with van der Waals surface area (Å²) >= 11 is 1.30. The van der Waals surface area contributed by atoms with Crippen molar-refractivity contribution in [3.8, 4) is 11.8 Å². The molecule has 6 heteroatoms. The molecule has 2 aromatic heterocycles. The van der Waals surface area contributed by atoms with Crippen LogP contribution in [-0.4, -0.2) is 27.4 Å². The van der Waals surface area contributed by atoms with Crippen molar-refractivity contribution in [3.63, 3.8) is 0 Å². The van der Waals surface area contributed by atoms with E-state index in [1.54, 1.807) is 35.4 Å². The molecule has 0 spiro atoms. The average Bonchev–Trinajstić information content (AvgIpc) is 2.95. The van der Waals surface area contributed by atoms with Crippen LogP contribution in [0.2, 0.25) is 0 Å². The topological polar surface area (TPSA) is 67.2 Å². The molecule has 0 aliphatic heterocycles. The molecule has 0 aliphatic rings. The number of nitrogens with zero attached hydrogens (tertiary/aromatic N) is 2. The van der Waals surface area contributed by atoms with Gasteiger partial charge < -0.3 is 10.4 Å². The summed E-state index contributed by atoms with van der Waals surface area (Å²) in [4.78, 5) is 12.5. The Labute approximate surface area is 108 Å². The number of carbonyl (C=O) groups is 1. The summed E-state index contributed by atoms with van der Waals surface area (Å²) in [6.07, 6.45) is 1.75. The Morgan fingerprint density at radius 3 is 3.11 bits per heavy atom. The lowest BCUT2D eigenvalue weighted by molar-refractivity contribution is 0.103. The van der Waals surface area contributed by atoms with Crippen LogP contribution < -0.4 is 5.32 Å².